The molecule has 4 nitrogen and oxygen atoms in total. The Morgan fingerprint density at radius 2 is 1.71 bits per heavy atom. The van der Waals surface area contributed by atoms with Gasteiger partial charge in [0.2, 0.25) is 0 Å². The second-order valence-electron chi connectivity index (χ2n) is 6.45. The van der Waals surface area contributed by atoms with E-state index in [0.29, 0.717) is 25.2 Å². The summed E-state index contributed by atoms with van der Waals surface area (Å²) in [5, 5.41) is 0. The summed E-state index contributed by atoms with van der Waals surface area (Å²) in [5.41, 5.74) is 7.51. The van der Waals surface area contributed by atoms with Crippen molar-refractivity contribution in [2.75, 3.05) is 26.3 Å². The van der Waals surface area contributed by atoms with Crippen LogP contribution in [0.5, 0.6) is 11.5 Å². The number of rotatable bonds is 6. The smallest absolute Gasteiger partial charge is 0.161 e. The largest absolute Gasteiger partial charge is 0.486 e. The molecule has 1 heterocycles. The predicted molar refractivity (Wildman–Crippen MR) is 85.9 cm³/mol. The van der Waals surface area contributed by atoms with Crippen LogP contribution in [0.15, 0.2) is 18.2 Å². The standard InChI is InChI=1S/C17H28N2O2/c1-12(2)10-19(13(3)4)11-15(18)14-5-6-16-17(9-14)21-8-7-20-16/h5-6,9,12-13,15H,7-8,10-11,18H2,1-4H3. The van der Waals surface area contributed by atoms with Crippen molar-refractivity contribution >= 4 is 0 Å². The average molecular weight is 292 g/mol. The Labute approximate surface area is 128 Å². The van der Waals surface area contributed by atoms with Gasteiger partial charge in [-0.25, -0.2) is 0 Å². The molecule has 1 aromatic rings. The molecule has 4 heteroatoms. The highest BCUT2D eigenvalue weighted by Gasteiger charge is 2.19. The van der Waals surface area contributed by atoms with E-state index in [9.17, 15) is 0 Å². The first-order valence-corrected chi connectivity index (χ1v) is 7.86. The van der Waals surface area contributed by atoms with Crippen LogP contribution in [-0.4, -0.2) is 37.2 Å². The third-order valence-electron chi connectivity index (χ3n) is 3.76. The SMILES string of the molecule is CC(C)CN(CC(N)c1ccc2c(c1)OCCO2)C(C)C. The summed E-state index contributed by atoms with van der Waals surface area (Å²) >= 11 is 0. The minimum atomic E-state index is -0.0121. The van der Waals surface area contributed by atoms with Gasteiger partial charge in [-0.15, -0.1) is 0 Å². The van der Waals surface area contributed by atoms with Crippen LogP contribution in [0, 0.1) is 5.92 Å². The minimum absolute atomic E-state index is 0.0121. The summed E-state index contributed by atoms with van der Waals surface area (Å²) in [6.45, 7) is 12.1. The summed E-state index contributed by atoms with van der Waals surface area (Å²) in [6.07, 6.45) is 0. The zero-order chi connectivity index (χ0) is 15.4. The van der Waals surface area contributed by atoms with Gasteiger partial charge in [0.05, 0.1) is 0 Å². The molecule has 0 aliphatic carbocycles. The monoisotopic (exact) mass is 292 g/mol. The van der Waals surface area contributed by atoms with Gasteiger partial charge < -0.3 is 15.2 Å². The molecule has 0 radical (unpaired) electrons. The topological polar surface area (TPSA) is 47.7 Å². The van der Waals surface area contributed by atoms with Crippen LogP contribution in [0.3, 0.4) is 0 Å². The van der Waals surface area contributed by atoms with Crippen LogP contribution in [0.4, 0.5) is 0 Å². The van der Waals surface area contributed by atoms with Gasteiger partial charge in [-0.3, -0.25) is 4.90 Å². The molecule has 1 aliphatic heterocycles. The molecule has 0 amide bonds. The third kappa shape index (κ3) is 4.35. The van der Waals surface area contributed by atoms with Gasteiger partial charge >= 0.3 is 0 Å². The van der Waals surface area contributed by atoms with Crippen molar-refractivity contribution in [3.05, 3.63) is 23.8 Å². The zero-order valence-electron chi connectivity index (χ0n) is 13.6. The summed E-state index contributed by atoms with van der Waals surface area (Å²) in [5.74, 6) is 2.27. The molecule has 0 aromatic heterocycles. The summed E-state index contributed by atoms with van der Waals surface area (Å²) in [7, 11) is 0. The fraction of sp³-hybridized carbons (Fsp3) is 0.647. The average Bonchev–Trinajstić information content (AvgIpc) is 2.45. The van der Waals surface area contributed by atoms with Crippen LogP contribution in [0.1, 0.15) is 39.3 Å². The van der Waals surface area contributed by atoms with Crippen LogP contribution in [0.25, 0.3) is 0 Å². The lowest BCUT2D eigenvalue weighted by molar-refractivity contribution is 0.170. The normalized spacial score (nSPS) is 15.8. The van der Waals surface area contributed by atoms with Crippen LogP contribution < -0.4 is 15.2 Å². The lowest BCUT2D eigenvalue weighted by Crippen LogP contribution is -2.39. The van der Waals surface area contributed by atoms with Crippen LogP contribution in [0.2, 0.25) is 0 Å². The summed E-state index contributed by atoms with van der Waals surface area (Å²) < 4.78 is 11.2. The van der Waals surface area contributed by atoms with E-state index in [-0.39, 0.29) is 6.04 Å². The first-order chi connectivity index (χ1) is 9.97. The number of hydrogen-bond donors (Lipinski definition) is 1. The highest BCUT2D eigenvalue weighted by Crippen LogP contribution is 2.32. The van der Waals surface area contributed by atoms with E-state index in [1.54, 1.807) is 0 Å². The van der Waals surface area contributed by atoms with Crippen LogP contribution in [-0.2, 0) is 0 Å². The Hall–Kier alpha value is -1.26. The molecule has 1 aromatic carbocycles. The Morgan fingerprint density at radius 1 is 1.05 bits per heavy atom. The van der Waals surface area contributed by atoms with Crippen molar-refractivity contribution in [3.8, 4) is 11.5 Å². The lowest BCUT2D eigenvalue weighted by Gasteiger charge is -2.31. The maximum absolute atomic E-state index is 6.40. The fourth-order valence-corrected chi connectivity index (χ4v) is 2.61. The molecule has 0 bridgehead atoms. The van der Waals surface area contributed by atoms with Gasteiger partial charge in [0.15, 0.2) is 11.5 Å². The van der Waals surface area contributed by atoms with Crippen molar-refractivity contribution in [1.29, 1.82) is 0 Å². The fourth-order valence-electron chi connectivity index (χ4n) is 2.61. The van der Waals surface area contributed by atoms with E-state index in [4.69, 9.17) is 15.2 Å². The Kier molecular flexibility index (Phi) is 5.48. The molecule has 2 rings (SSSR count). The lowest BCUT2D eigenvalue weighted by atomic mass is 10.0. The van der Waals surface area contributed by atoms with Gasteiger partial charge in [0.25, 0.3) is 0 Å². The second kappa shape index (κ2) is 7.14. The first-order valence-electron chi connectivity index (χ1n) is 7.86. The Morgan fingerprint density at radius 3 is 2.33 bits per heavy atom. The van der Waals surface area contributed by atoms with E-state index in [2.05, 4.69) is 32.6 Å². The zero-order valence-corrected chi connectivity index (χ0v) is 13.6. The van der Waals surface area contributed by atoms with E-state index in [0.717, 1.165) is 30.2 Å². The number of ether oxygens (including phenoxy) is 2. The molecule has 1 atom stereocenters. The van der Waals surface area contributed by atoms with Crippen molar-refractivity contribution in [1.82, 2.24) is 4.90 Å². The van der Waals surface area contributed by atoms with E-state index in [1.165, 1.54) is 0 Å². The van der Waals surface area contributed by atoms with Gasteiger partial charge in [-0.2, -0.15) is 0 Å². The number of nitrogens with two attached hydrogens (primary N) is 1. The molecule has 1 aliphatic rings. The first kappa shape index (κ1) is 16.1. The van der Waals surface area contributed by atoms with Gasteiger partial charge in [0.1, 0.15) is 13.2 Å². The van der Waals surface area contributed by atoms with E-state index >= 15 is 0 Å². The number of nitrogens with zero attached hydrogens (tertiary/aromatic N) is 1. The second-order valence-corrected chi connectivity index (χ2v) is 6.45. The van der Waals surface area contributed by atoms with E-state index in [1.807, 2.05) is 18.2 Å². The molecule has 0 fully saturated rings. The predicted octanol–water partition coefficient (Wildman–Crippen LogP) is 2.82. The maximum atomic E-state index is 6.40. The summed E-state index contributed by atoms with van der Waals surface area (Å²) in [6, 6.07) is 6.52. The van der Waals surface area contributed by atoms with Gasteiger partial charge in [-0.1, -0.05) is 19.9 Å². The minimum Gasteiger partial charge on any atom is -0.486 e. The van der Waals surface area contributed by atoms with Crippen molar-refractivity contribution in [2.45, 2.75) is 39.8 Å². The molecular weight excluding hydrogens is 264 g/mol. The van der Waals surface area contributed by atoms with Gasteiger partial charge in [0, 0.05) is 25.2 Å². The third-order valence-corrected chi connectivity index (χ3v) is 3.76. The van der Waals surface area contributed by atoms with Gasteiger partial charge in [-0.05, 0) is 37.5 Å². The Balaban J connectivity index is 2.06. The molecule has 0 spiro atoms. The van der Waals surface area contributed by atoms with Crippen molar-refractivity contribution in [2.24, 2.45) is 11.7 Å². The van der Waals surface area contributed by atoms with E-state index < -0.39 is 0 Å². The quantitative estimate of drug-likeness (QED) is 0.876. The molecule has 2 N–H and O–H groups in total. The molecule has 21 heavy (non-hydrogen) atoms. The molecule has 118 valence electrons. The molecular formula is C17H28N2O2. The number of fused-ring (bicyclic) bond motifs is 1. The van der Waals surface area contributed by atoms with Crippen molar-refractivity contribution < 1.29 is 9.47 Å². The molecule has 0 saturated heterocycles. The van der Waals surface area contributed by atoms with Crippen molar-refractivity contribution in [3.63, 3.8) is 0 Å². The number of hydrogen-bond acceptors (Lipinski definition) is 4. The Bertz CT molecular complexity index is 460. The molecule has 1 unspecified atom stereocenters. The number of benzene rings is 1. The summed E-state index contributed by atoms with van der Waals surface area (Å²) in [4.78, 5) is 2.44. The molecule has 0 saturated carbocycles. The van der Waals surface area contributed by atoms with Crippen LogP contribution >= 0.6 is 0 Å². The highest BCUT2D eigenvalue weighted by atomic mass is 16.6. The highest BCUT2D eigenvalue weighted by molar-refractivity contribution is 5.44. The maximum Gasteiger partial charge on any atom is 0.161 e.